The minimum absolute atomic E-state index is 0.00679. The molecule has 2 aromatic rings. The first kappa shape index (κ1) is 29.8. The zero-order valence-corrected chi connectivity index (χ0v) is 26.6. The second-order valence-electron chi connectivity index (χ2n) is 11.2. The van der Waals surface area contributed by atoms with Gasteiger partial charge >= 0.3 is 5.97 Å². The maximum Gasteiger partial charge on any atom is 0.364 e. The first-order valence-electron chi connectivity index (χ1n) is 13.9. The Morgan fingerprint density at radius 3 is 2.19 bits per heavy atom. The molecule has 1 saturated heterocycles. The Kier molecular flexibility index (Phi) is 7.74. The smallest absolute Gasteiger partial charge is 0.364 e. The van der Waals surface area contributed by atoms with Crippen molar-refractivity contribution >= 4 is 48.0 Å². The van der Waals surface area contributed by atoms with Gasteiger partial charge in [0, 0.05) is 50.3 Å². The highest BCUT2D eigenvalue weighted by Gasteiger charge is 2.43. The van der Waals surface area contributed by atoms with E-state index in [2.05, 4.69) is 64.7 Å². The molecule has 1 unspecified atom stereocenters. The van der Waals surface area contributed by atoms with Gasteiger partial charge in [0.2, 0.25) is 0 Å². The molecule has 2 aromatic carbocycles. The van der Waals surface area contributed by atoms with Crippen LogP contribution in [0.4, 0.5) is 5.69 Å². The number of carbonyl (C=O) groups is 3. The Labute approximate surface area is 252 Å². The van der Waals surface area contributed by atoms with E-state index in [0.29, 0.717) is 22.1 Å². The van der Waals surface area contributed by atoms with Crippen LogP contribution in [0.25, 0.3) is 5.57 Å². The molecule has 0 spiro atoms. The van der Waals surface area contributed by atoms with Crippen LogP contribution in [0.5, 0.6) is 11.5 Å². The molecule has 1 fully saturated rings. The average molecular weight is 599 g/mol. The highest BCUT2D eigenvalue weighted by Crippen LogP contribution is 2.47. The molecule has 0 N–H and O–H groups in total. The van der Waals surface area contributed by atoms with E-state index >= 15 is 0 Å². The van der Waals surface area contributed by atoms with E-state index in [4.69, 9.17) is 14.3 Å². The van der Waals surface area contributed by atoms with Gasteiger partial charge in [-0.25, -0.2) is 9.37 Å². The minimum Gasteiger partial charge on any atom is -0.496 e. The normalized spacial score (nSPS) is 19.1. The van der Waals surface area contributed by atoms with Gasteiger partial charge in [-0.1, -0.05) is 18.3 Å². The highest BCUT2D eigenvalue weighted by molar-refractivity contribution is 7.02. The summed E-state index contributed by atoms with van der Waals surface area (Å²) in [4.78, 5) is 44.6. The molecule has 0 aromatic heterocycles. The minimum atomic E-state index is -2.43. The average Bonchev–Trinajstić information content (AvgIpc) is 3.32. The van der Waals surface area contributed by atoms with Crippen LogP contribution in [0, 0.1) is 0 Å². The van der Waals surface area contributed by atoms with Gasteiger partial charge in [0.25, 0.3) is 11.8 Å². The maximum absolute atomic E-state index is 13.1. The lowest BCUT2D eigenvalue weighted by molar-refractivity contribution is -0.462. The third-order valence-electron chi connectivity index (χ3n) is 8.28. The number of hydroxylamine groups is 2. The number of hydrogen-bond acceptors (Lipinski definition) is 7. The third-order valence-corrected chi connectivity index (χ3v) is 12.2. The van der Waals surface area contributed by atoms with E-state index in [-0.39, 0.29) is 18.4 Å². The Morgan fingerprint density at radius 2 is 1.65 bits per heavy atom. The van der Waals surface area contributed by atoms with Crippen molar-refractivity contribution in [1.29, 1.82) is 0 Å². The van der Waals surface area contributed by atoms with Crippen LogP contribution in [0.1, 0.15) is 34.3 Å². The van der Waals surface area contributed by atoms with Gasteiger partial charge in [-0.15, -0.1) is 11.6 Å². The number of hydrogen-bond donors (Lipinski definition) is 0. The Bertz CT molecular complexity index is 1670. The molecule has 2 aliphatic heterocycles. The second-order valence-corrected chi connectivity index (χ2v) is 15.1. The zero-order chi connectivity index (χ0) is 31.2. The van der Waals surface area contributed by atoms with Crippen molar-refractivity contribution in [2.75, 3.05) is 47.3 Å². The molecule has 10 heteroatoms. The second kappa shape index (κ2) is 11.2. The van der Waals surface area contributed by atoms with E-state index < -0.39 is 25.9 Å². The monoisotopic (exact) mass is 598 g/mol. The number of carbonyl (C=O) groups excluding carboxylic acids is 3. The van der Waals surface area contributed by atoms with E-state index in [0.717, 1.165) is 28.1 Å². The van der Waals surface area contributed by atoms with Gasteiger partial charge in [0.15, 0.2) is 5.71 Å². The van der Waals surface area contributed by atoms with Crippen LogP contribution < -0.4 is 19.6 Å². The molecule has 0 saturated carbocycles. The number of ether oxygens (including phenoxy) is 2. The summed E-state index contributed by atoms with van der Waals surface area (Å²) in [6.45, 7) is 6.63. The molecule has 2 heterocycles. The number of nitrogens with zero attached hydrogens (tertiary/aromatic N) is 3. The molecule has 1 aliphatic carbocycles. The number of imide groups is 1. The molecule has 2 amide bonds. The number of anilines is 1. The number of methoxy groups -OCH3 is 2. The first-order chi connectivity index (χ1) is 20.4. The van der Waals surface area contributed by atoms with E-state index in [9.17, 15) is 14.4 Å². The van der Waals surface area contributed by atoms with Gasteiger partial charge in [-0.3, -0.25) is 9.59 Å². The topological polar surface area (TPSA) is 88.4 Å². The van der Waals surface area contributed by atoms with Crippen molar-refractivity contribution in [3.05, 3.63) is 88.3 Å². The molecular formula is C33H36N3O6Si+. The van der Waals surface area contributed by atoms with Crippen molar-refractivity contribution in [2.45, 2.75) is 19.4 Å². The lowest BCUT2D eigenvalue weighted by atomic mass is 9.88. The predicted octanol–water partition coefficient (Wildman–Crippen LogP) is 3.57. The lowest BCUT2D eigenvalue weighted by Gasteiger charge is -2.39. The fraction of sp³-hybridized carbons (Fsp3) is 0.273. The van der Waals surface area contributed by atoms with Gasteiger partial charge in [-0.2, -0.15) is 0 Å². The van der Waals surface area contributed by atoms with Gasteiger partial charge in [0.1, 0.15) is 33.7 Å². The number of allylic oxidation sites excluding steroid dienone is 5. The van der Waals surface area contributed by atoms with E-state index in [1.165, 1.54) is 24.6 Å². The molecule has 0 radical (unpaired) electrons. The summed E-state index contributed by atoms with van der Waals surface area (Å²) in [5.74, 6) is -1.20. The molecule has 43 heavy (non-hydrogen) atoms. The largest absolute Gasteiger partial charge is 0.496 e. The summed E-state index contributed by atoms with van der Waals surface area (Å²) in [6, 6.07) is 9.56. The molecule has 1 atom stereocenters. The number of rotatable bonds is 7. The third kappa shape index (κ3) is 4.91. The molecule has 0 bridgehead atoms. The molecule has 5 rings (SSSR count). The highest BCUT2D eigenvalue weighted by atomic mass is 28.3. The van der Waals surface area contributed by atoms with E-state index in [1.807, 2.05) is 28.2 Å². The van der Waals surface area contributed by atoms with Crippen LogP contribution in [0.3, 0.4) is 0 Å². The Balaban J connectivity index is 1.78. The number of fused-ring (bicyclic) bond motifs is 2. The number of amides is 2. The molecule has 3 aliphatic rings. The van der Waals surface area contributed by atoms with Crippen molar-refractivity contribution in [1.82, 2.24) is 5.06 Å². The van der Waals surface area contributed by atoms with Crippen LogP contribution in [-0.4, -0.2) is 83.6 Å². The summed E-state index contributed by atoms with van der Waals surface area (Å²) < 4.78 is 13.9. The van der Waals surface area contributed by atoms with Crippen molar-refractivity contribution < 1.29 is 33.3 Å². The summed E-state index contributed by atoms with van der Waals surface area (Å²) in [7, 11) is 8.70. The van der Waals surface area contributed by atoms with Crippen molar-refractivity contribution in [3.63, 3.8) is 0 Å². The van der Waals surface area contributed by atoms with Gasteiger partial charge in [0.05, 0.1) is 25.3 Å². The lowest BCUT2D eigenvalue weighted by Crippen LogP contribution is -2.51. The molecule has 9 nitrogen and oxygen atoms in total. The van der Waals surface area contributed by atoms with Crippen LogP contribution in [0.15, 0.2) is 71.6 Å². The first-order valence-corrected chi connectivity index (χ1v) is 16.5. The zero-order valence-electron chi connectivity index (χ0n) is 25.6. The van der Waals surface area contributed by atoms with Crippen molar-refractivity contribution in [2.24, 2.45) is 0 Å². The summed E-state index contributed by atoms with van der Waals surface area (Å²) in [5.41, 5.74) is 8.00. The van der Waals surface area contributed by atoms with Gasteiger partial charge in [-0.05, 0) is 51.9 Å². The Hall–Kier alpha value is -4.70. The van der Waals surface area contributed by atoms with Crippen molar-refractivity contribution in [3.8, 4) is 11.5 Å². The fourth-order valence-corrected chi connectivity index (χ4v) is 8.93. The maximum atomic E-state index is 13.1. The SMILES string of the molecule is C=C[Si]1(C)C2=CC(=[N+](C)C)C=CC2=C(c2c(OC)cc(C(=O)ON3C(=O)CCC3=O)cc2OC)c2ccc(N(C)C)cc21. The number of benzene rings is 2. The molecule has 222 valence electrons. The van der Waals surface area contributed by atoms with Crippen LogP contribution >= 0.6 is 0 Å². The summed E-state index contributed by atoms with van der Waals surface area (Å²) >= 11 is 0. The fourth-order valence-electron chi connectivity index (χ4n) is 5.77. The quantitative estimate of drug-likeness (QED) is 0.274. The molecular weight excluding hydrogens is 562 g/mol. The summed E-state index contributed by atoms with van der Waals surface area (Å²) in [5, 5.41) is 2.93. The van der Waals surface area contributed by atoms with Crippen LogP contribution in [-0.2, 0) is 14.4 Å². The van der Waals surface area contributed by atoms with E-state index in [1.54, 1.807) is 12.1 Å². The standard InChI is InChI=1S/C33H36N3O6Si/c1-9-43(8)27-18-21(34(2)3)10-12-23(27)31(24-13-11-22(35(4)5)19-28(24)43)32-25(40-6)16-20(17-26(32)41-7)33(39)42-36-29(37)14-15-30(36)38/h9-13,16-19H,1,14-15H2,2-8H3/q+1. The summed E-state index contributed by atoms with van der Waals surface area (Å²) in [6.07, 6.45) is 6.47. The van der Waals surface area contributed by atoms with Gasteiger partial charge < -0.3 is 19.2 Å². The van der Waals surface area contributed by atoms with Crippen LogP contribution in [0.2, 0.25) is 6.55 Å². The Morgan fingerprint density at radius 1 is 1.02 bits per heavy atom. The predicted molar refractivity (Wildman–Crippen MR) is 169 cm³/mol.